The van der Waals surface area contributed by atoms with E-state index < -0.39 is 17.4 Å². The number of carbonyl (C=O) groups is 1. The molecule has 142 valence electrons. The Morgan fingerprint density at radius 3 is 2.48 bits per heavy atom. The summed E-state index contributed by atoms with van der Waals surface area (Å²) in [6.45, 7) is 6.30. The highest BCUT2D eigenvalue weighted by Gasteiger charge is 2.54. The van der Waals surface area contributed by atoms with Crippen LogP contribution in [0.4, 0.5) is 8.78 Å². The van der Waals surface area contributed by atoms with E-state index in [0.717, 1.165) is 16.3 Å². The molecule has 1 aromatic heterocycles. The van der Waals surface area contributed by atoms with Crippen LogP contribution in [0.25, 0.3) is 0 Å². The maximum absolute atomic E-state index is 13.6. The maximum atomic E-state index is 13.6. The molecule has 0 spiro atoms. The van der Waals surface area contributed by atoms with Crippen LogP contribution in [-0.4, -0.2) is 30.5 Å². The van der Waals surface area contributed by atoms with Crippen LogP contribution in [0.5, 0.6) is 0 Å². The molecule has 4 nitrogen and oxygen atoms in total. The van der Waals surface area contributed by atoms with Gasteiger partial charge in [-0.05, 0) is 39.9 Å². The van der Waals surface area contributed by atoms with Crippen molar-refractivity contribution in [3.8, 4) is 0 Å². The van der Waals surface area contributed by atoms with E-state index in [2.05, 4.69) is 32.6 Å². The van der Waals surface area contributed by atoms with Gasteiger partial charge in [0, 0.05) is 18.1 Å². The molecular weight excluding hydrogens is 436 g/mol. The Balaban J connectivity index is 2.14. The molecule has 1 aromatic carbocycles. The van der Waals surface area contributed by atoms with Gasteiger partial charge in [-0.15, -0.1) is 11.3 Å². The smallest absolute Gasteiger partial charge is 0.255 e. The lowest BCUT2D eigenvalue weighted by Crippen LogP contribution is -2.63. The molecule has 2 atom stereocenters. The van der Waals surface area contributed by atoms with Gasteiger partial charge in [-0.1, -0.05) is 24.3 Å². The second-order valence-corrected chi connectivity index (χ2v) is 9.08. The second-order valence-electron chi connectivity index (χ2n) is 6.79. The molecule has 2 heterocycles. The Hall–Kier alpha value is -2.02. The largest absolute Gasteiger partial charge is 0.448 e. The van der Waals surface area contributed by atoms with Crippen LogP contribution in [0, 0.1) is 0 Å². The fourth-order valence-corrected chi connectivity index (χ4v) is 4.62. The molecular formula is C19H19BrF2N3OS+. The minimum absolute atomic E-state index is 0.0872. The van der Waals surface area contributed by atoms with Gasteiger partial charge in [0.1, 0.15) is 18.2 Å². The van der Waals surface area contributed by atoms with Crippen LogP contribution >= 0.6 is 27.3 Å². The topological polar surface area (TPSA) is 46.4 Å². The summed E-state index contributed by atoms with van der Waals surface area (Å²) in [6, 6.07) is 7.88. The molecule has 0 bridgehead atoms. The first-order valence-electron chi connectivity index (χ1n) is 8.20. The summed E-state index contributed by atoms with van der Waals surface area (Å²) in [5.74, 6) is -3.37. The van der Waals surface area contributed by atoms with Gasteiger partial charge in [0.05, 0.1) is 10.8 Å². The molecule has 0 radical (unpaired) electrons. The van der Waals surface area contributed by atoms with Crippen LogP contribution in [0.3, 0.4) is 0 Å². The number of thiophene rings is 1. The average molecular weight is 455 g/mol. The summed E-state index contributed by atoms with van der Waals surface area (Å²) in [5.41, 5.74) is 0.659. The van der Waals surface area contributed by atoms with Crippen molar-refractivity contribution in [3.05, 3.63) is 56.2 Å². The van der Waals surface area contributed by atoms with E-state index in [4.69, 9.17) is 0 Å². The van der Waals surface area contributed by atoms with Gasteiger partial charge in [0.25, 0.3) is 11.8 Å². The summed E-state index contributed by atoms with van der Waals surface area (Å²) in [6.07, 6.45) is 0. The third kappa shape index (κ3) is 3.45. The number of amides is 1. The molecule has 3 rings (SSSR count). The second kappa shape index (κ2) is 6.86. The molecule has 1 amide bonds. The summed E-state index contributed by atoms with van der Waals surface area (Å²) in [4.78, 5) is 14.6. The van der Waals surface area contributed by atoms with Gasteiger partial charge in [-0.3, -0.25) is 14.8 Å². The maximum Gasteiger partial charge on any atom is 0.448 e. The number of hydrogen-bond donors (Lipinski definition) is 1. The lowest BCUT2D eigenvalue weighted by Gasteiger charge is -2.39. The van der Waals surface area contributed by atoms with Gasteiger partial charge in [0.15, 0.2) is 0 Å². The van der Waals surface area contributed by atoms with Crippen LogP contribution in [-0.2, 0) is 16.3 Å². The van der Waals surface area contributed by atoms with E-state index in [0.29, 0.717) is 11.5 Å². The Kier molecular flexibility index (Phi) is 5.01. The minimum Gasteiger partial charge on any atom is -0.255 e. The summed E-state index contributed by atoms with van der Waals surface area (Å²) < 4.78 is 32.0. The molecule has 1 N–H and O–H groups in total. The van der Waals surface area contributed by atoms with Gasteiger partial charge in [0.2, 0.25) is 0 Å². The van der Waals surface area contributed by atoms with Gasteiger partial charge >= 0.3 is 5.96 Å². The summed E-state index contributed by atoms with van der Waals surface area (Å²) >= 11 is 4.97. The number of hydrogen-bond acceptors (Lipinski definition) is 2. The van der Waals surface area contributed by atoms with Crippen LogP contribution in [0.2, 0.25) is 0 Å². The quantitative estimate of drug-likeness (QED) is 0.566. The highest BCUT2D eigenvalue weighted by atomic mass is 79.9. The molecule has 0 aliphatic carbocycles. The number of nitrogens with one attached hydrogen (secondary N) is 1. The molecule has 1 aliphatic heterocycles. The number of carbonyl (C=O) groups excluding carboxylic acids is 1. The Morgan fingerprint density at radius 2 is 2.00 bits per heavy atom. The molecule has 1 saturated heterocycles. The molecule has 0 unspecified atom stereocenters. The monoisotopic (exact) mass is 454 g/mol. The Morgan fingerprint density at radius 1 is 1.37 bits per heavy atom. The number of alkyl halides is 2. The number of guanidine groups is 1. The van der Waals surface area contributed by atoms with Crippen molar-refractivity contribution in [1.29, 1.82) is 0 Å². The number of likely N-dealkylation sites (N-methyl/N-ethyl adjacent to an activating group) is 1. The fourth-order valence-electron chi connectivity index (χ4n) is 3.34. The molecule has 2 aromatic rings. The summed E-state index contributed by atoms with van der Waals surface area (Å²) in [7, 11) is 1.62. The zero-order chi connectivity index (χ0) is 20.0. The normalized spacial score (nSPS) is 23.2. The SMILES string of the molecule is C=[N+]=C1N[C@](C)(c2csc(Br)c2)[C@@H](c2ccc(C(C)(F)F)cc2)C(=O)N1C. The van der Waals surface area contributed by atoms with Crippen molar-refractivity contribution < 1.29 is 13.6 Å². The lowest BCUT2D eigenvalue weighted by atomic mass is 9.74. The molecule has 0 saturated carbocycles. The first-order valence-corrected chi connectivity index (χ1v) is 9.87. The zero-order valence-corrected chi connectivity index (χ0v) is 17.5. The highest BCUT2D eigenvalue weighted by molar-refractivity contribution is 9.11. The van der Waals surface area contributed by atoms with Crippen molar-refractivity contribution in [2.24, 2.45) is 0 Å². The predicted octanol–water partition coefficient (Wildman–Crippen LogP) is 3.81. The number of nitrogens with zero attached hydrogens (tertiary/aromatic N) is 2. The van der Waals surface area contributed by atoms with E-state index in [9.17, 15) is 13.6 Å². The Bertz CT molecular complexity index is 931. The van der Waals surface area contributed by atoms with E-state index in [1.165, 1.54) is 28.4 Å². The van der Waals surface area contributed by atoms with Crippen molar-refractivity contribution >= 4 is 45.9 Å². The third-order valence-corrected chi connectivity index (χ3v) is 6.42. The fraction of sp³-hybridized carbons (Fsp3) is 0.316. The molecule has 1 aliphatic rings. The number of rotatable bonds is 3. The molecule has 8 heteroatoms. The van der Waals surface area contributed by atoms with Crippen molar-refractivity contribution in [2.45, 2.75) is 31.2 Å². The van der Waals surface area contributed by atoms with Crippen molar-refractivity contribution in [1.82, 2.24) is 14.9 Å². The minimum atomic E-state index is -2.93. The van der Waals surface area contributed by atoms with E-state index in [1.54, 1.807) is 19.2 Å². The molecule has 1 fully saturated rings. The van der Waals surface area contributed by atoms with E-state index >= 15 is 0 Å². The zero-order valence-electron chi connectivity index (χ0n) is 15.1. The predicted molar refractivity (Wildman–Crippen MR) is 108 cm³/mol. The number of halogens is 3. The summed E-state index contributed by atoms with van der Waals surface area (Å²) in [5, 5.41) is 5.27. The standard InChI is InChI=1S/C19H18BrF2N3OS/c1-18(13-9-14(20)27-10-13)15(16(26)25(4)17(23-3)24-18)11-5-7-12(8-6-11)19(2,21)22/h5-10,15H,3H2,1-2,4H3/p+1/t15-,18+/m0/s1. The molecule has 27 heavy (non-hydrogen) atoms. The van der Waals surface area contributed by atoms with Gasteiger partial charge in [-0.25, -0.2) is 8.78 Å². The third-order valence-electron chi connectivity index (χ3n) is 4.91. The first kappa shape index (κ1) is 19.7. The van der Waals surface area contributed by atoms with E-state index in [1.807, 2.05) is 18.4 Å². The highest BCUT2D eigenvalue weighted by Crippen LogP contribution is 2.43. The van der Waals surface area contributed by atoms with Crippen molar-refractivity contribution in [3.63, 3.8) is 0 Å². The van der Waals surface area contributed by atoms with E-state index in [-0.39, 0.29) is 11.5 Å². The van der Waals surface area contributed by atoms with Crippen LogP contribution in [0.15, 0.2) is 39.5 Å². The van der Waals surface area contributed by atoms with Gasteiger partial charge < -0.3 is 0 Å². The van der Waals surface area contributed by atoms with Crippen molar-refractivity contribution in [2.75, 3.05) is 7.05 Å². The Labute approximate surface area is 168 Å². The first-order chi connectivity index (χ1) is 12.6. The number of benzene rings is 1. The van der Waals surface area contributed by atoms with Crippen LogP contribution in [0.1, 0.15) is 36.5 Å². The lowest BCUT2D eigenvalue weighted by molar-refractivity contribution is -0.131. The average Bonchev–Trinajstić information content (AvgIpc) is 3.05. The van der Waals surface area contributed by atoms with Crippen LogP contribution < -0.4 is 9.98 Å². The van der Waals surface area contributed by atoms with Gasteiger partial charge in [-0.2, -0.15) is 4.90 Å².